The smallest absolute Gasteiger partial charge is 0.406 e. The zero-order chi connectivity index (χ0) is 14.6. The van der Waals surface area contributed by atoms with Gasteiger partial charge in [0.2, 0.25) is 0 Å². The minimum Gasteiger partial charge on any atom is -0.481 e. The van der Waals surface area contributed by atoms with Gasteiger partial charge in [0.25, 0.3) is 0 Å². The van der Waals surface area contributed by atoms with E-state index in [0.29, 0.717) is 4.90 Å². The van der Waals surface area contributed by atoms with E-state index in [1.165, 1.54) is 20.8 Å². The number of carboxylic acid groups (broad SMARTS) is 1. The van der Waals surface area contributed by atoms with Gasteiger partial charge in [-0.05, 0) is 20.8 Å². The van der Waals surface area contributed by atoms with Gasteiger partial charge in [-0.3, -0.25) is 4.79 Å². The number of carbonyl (C=O) groups is 2. The molecule has 0 bridgehead atoms. The molecule has 106 valence electrons. The Bertz CT molecular complexity index is 316. The fraction of sp³-hybridized carbons (Fsp3) is 0.800. The molecule has 2 N–H and O–H groups in total. The van der Waals surface area contributed by atoms with Crippen LogP contribution in [0.3, 0.4) is 0 Å². The first-order valence-electron chi connectivity index (χ1n) is 5.32. The second-order valence-corrected chi connectivity index (χ2v) is 4.51. The predicted octanol–water partition coefficient (Wildman–Crippen LogP) is 1.83. The maximum absolute atomic E-state index is 12.2. The van der Waals surface area contributed by atoms with Crippen LogP contribution in [0.1, 0.15) is 27.2 Å². The van der Waals surface area contributed by atoms with Gasteiger partial charge in [-0.2, -0.15) is 13.2 Å². The second-order valence-electron chi connectivity index (χ2n) is 4.51. The van der Waals surface area contributed by atoms with Crippen LogP contribution in [0.4, 0.5) is 18.0 Å². The van der Waals surface area contributed by atoms with E-state index < -0.39 is 30.3 Å². The molecule has 0 aliphatic heterocycles. The number of halogens is 3. The molecule has 0 unspecified atom stereocenters. The number of carbonyl (C=O) groups excluding carboxylic acids is 1. The summed E-state index contributed by atoms with van der Waals surface area (Å²) in [5.74, 6) is -1.14. The van der Waals surface area contributed by atoms with Crippen LogP contribution >= 0.6 is 0 Å². The molecule has 0 aliphatic rings. The first kappa shape index (κ1) is 16.5. The Kier molecular flexibility index (Phi) is 5.44. The van der Waals surface area contributed by atoms with Crippen LogP contribution in [0, 0.1) is 0 Å². The zero-order valence-electron chi connectivity index (χ0n) is 10.5. The summed E-state index contributed by atoms with van der Waals surface area (Å²) in [5, 5.41) is 10.9. The van der Waals surface area contributed by atoms with E-state index >= 15 is 0 Å². The van der Waals surface area contributed by atoms with Crippen LogP contribution in [0.15, 0.2) is 0 Å². The number of rotatable bonds is 5. The average Bonchev–Trinajstić information content (AvgIpc) is 2.09. The zero-order valence-corrected chi connectivity index (χ0v) is 10.5. The second kappa shape index (κ2) is 5.92. The third-order valence-electron chi connectivity index (χ3n) is 2.08. The molecule has 2 amide bonds. The summed E-state index contributed by atoms with van der Waals surface area (Å²) in [6, 6.07) is -0.930. The summed E-state index contributed by atoms with van der Waals surface area (Å²) in [6.07, 6.45) is -4.85. The standard InChI is InChI=1S/C10H17F3N2O3/c1-4-15(6-10(11,12)13)8(18)14-9(2,3)5-7(16)17/h4-6H2,1-3H3,(H,14,18)(H,16,17). The van der Waals surface area contributed by atoms with Gasteiger partial charge in [-0.25, -0.2) is 4.79 Å². The van der Waals surface area contributed by atoms with E-state index in [1.807, 2.05) is 0 Å². The molecule has 0 rings (SSSR count). The van der Waals surface area contributed by atoms with Crippen molar-refractivity contribution < 1.29 is 27.9 Å². The predicted molar refractivity (Wildman–Crippen MR) is 58.2 cm³/mol. The number of hydrogen-bond donors (Lipinski definition) is 2. The number of carboxylic acids is 1. The molecular weight excluding hydrogens is 253 g/mol. The van der Waals surface area contributed by atoms with Gasteiger partial charge < -0.3 is 15.3 Å². The van der Waals surface area contributed by atoms with Crippen molar-refractivity contribution in [3.8, 4) is 0 Å². The molecule has 8 heteroatoms. The Hall–Kier alpha value is -1.47. The van der Waals surface area contributed by atoms with Gasteiger partial charge in [-0.1, -0.05) is 0 Å². The normalized spacial score (nSPS) is 12.1. The topological polar surface area (TPSA) is 69.6 Å². The summed E-state index contributed by atoms with van der Waals surface area (Å²) in [4.78, 5) is 22.7. The van der Waals surface area contributed by atoms with Gasteiger partial charge in [0, 0.05) is 12.1 Å². The van der Waals surface area contributed by atoms with Crippen molar-refractivity contribution in [3.05, 3.63) is 0 Å². The molecule has 0 spiro atoms. The molecule has 0 atom stereocenters. The van der Waals surface area contributed by atoms with Crippen molar-refractivity contribution in [2.45, 2.75) is 38.9 Å². The van der Waals surface area contributed by atoms with Crippen molar-refractivity contribution in [2.75, 3.05) is 13.1 Å². The third-order valence-corrected chi connectivity index (χ3v) is 2.08. The SMILES string of the molecule is CCN(CC(F)(F)F)C(=O)NC(C)(C)CC(=O)O. The number of alkyl halides is 3. The van der Waals surface area contributed by atoms with E-state index in [9.17, 15) is 22.8 Å². The monoisotopic (exact) mass is 270 g/mol. The molecule has 5 nitrogen and oxygen atoms in total. The van der Waals surface area contributed by atoms with Crippen molar-refractivity contribution in [1.82, 2.24) is 10.2 Å². The average molecular weight is 270 g/mol. The van der Waals surface area contributed by atoms with E-state index in [1.54, 1.807) is 0 Å². The quantitative estimate of drug-likeness (QED) is 0.800. The third kappa shape index (κ3) is 6.97. The minimum absolute atomic E-state index is 0.117. The van der Waals surface area contributed by atoms with Gasteiger partial charge in [0.05, 0.1) is 6.42 Å². The van der Waals surface area contributed by atoms with E-state index in [4.69, 9.17) is 5.11 Å². The number of aliphatic carboxylic acids is 1. The number of hydrogen-bond acceptors (Lipinski definition) is 2. The Morgan fingerprint density at radius 1 is 1.28 bits per heavy atom. The van der Waals surface area contributed by atoms with E-state index in [-0.39, 0.29) is 13.0 Å². The Morgan fingerprint density at radius 3 is 2.11 bits per heavy atom. The molecular formula is C10H17F3N2O3. The Morgan fingerprint density at radius 2 is 1.78 bits per heavy atom. The van der Waals surface area contributed by atoms with Gasteiger partial charge in [0.1, 0.15) is 6.54 Å². The first-order chi connectivity index (χ1) is 7.97. The first-order valence-corrected chi connectivity index (χ1v) is 5.32. The lowest BCUT2D eigenvalue weighted by atomic mass is 10.0. The van der Waals surface area contributed by atoms with Gasteiger partial charge >= 0.3 is 18.2 Å². The molecule has 0 aromatic heterocycles. The highest BCUT2D eigenvalue weighted by atomic mass is 19.4. The number of amides is 2. The molecule has 0 saturated heterocycles. The number of nitrogens with zero attached hydrogens (tertiary/aromatic N) is 1. The molecule has 0 aromatic carbocycles. The van der Waals surface area contributed by atoms with Crippen LogP contribution in [0.5, 0.6) is 0 Å². The van der Waals surface area contributed by atoms with Gasteiger partial charge in [0.15, 0.2) is 0 Å². The lowest BCUT2D eigenvalue weighted by Crippen LogP contribution is -2.52. The minimum atomic E-state index is -4.48. The van der Waals surface area contributed by atoms with Crippen molar-refractivity contribution in [1.29, 1.82) is 0 Å². The maximum atomic E-state index is 12.2. The van der Waals surface area contributed by atoms with Crippen molar-refractivity contribution in [3.63, 3.8) is 0 Å². The Labute approximate surface area is 103 Å². The summed E-state index contributed by atoms with van der Waals surface area (Å²) in [6.45, 7) is 2.80. The fourth-order valence-electron chi connectivity index (χ4n) is 1.33. The van der Waals surface area contributed by atoms with Gasteiger partial charge in [-0.15, -0.1) is 0 Å². The molecule has 0 aliphatic carbocycles. The van der Waals surface area contributed by atoms with E-state index in [0.717, 1.165) is 0 Å². The summed E-state index contributed by atoms with van der Waals surface area (Å²) >= 11 is 0. The van der Waals surface area contributed by atoms with E-state index in [2.05, 4.69) is 5.32 Å². The lowest BCUT2D eigenvalue weighted by molar-refractivity contribution is -0.141. The summed E-state index contributed by atoms with van der Waals surface area (Å²) < 4.78 is 36.5. The fourth-order valence-corrected chi connectivity index (χ4v) is 1.33. The number of nitrogens with one attached hydrogen (secondary N) is 1. The molecule has 0 saturated carbocycles. The molecule has 18 heavy (non-hydrogen) atoms. The largest absolute Gasteiger partial charge is 0.481 e. The molecule has 0 radical (unpaired) electrons. The van der Waals surface area contributed by atoms with Crippen LogP contribution < -0.4 is 5.32 Å². The molecule has 0 heterocycles. The van der Waals surface area contributed by atoms with Crippen molar-refractivity contribution in [2.24, 2.45) is 0 Å². The molecule has 0 aromatic rings. The summed E-state index contributed by atoms with van der Waals surface area (Å²) in [5.41, 5.74) is -1.11. The lowest BCUT2D eigenvalue weighted by Gasteiger charge is -2.29. The highest BCUT2D eigenvalue weighted by Gasteiger charge is 2.34. The summed E-state index contributed by atoms with van der Waals surface area (Å²) in [7, 11) is 0. The number of urea groups is 1. The molecule has 0 fully saturated rings. The Balaban J connectivity index is 4.57. The highest BCUT2D eigenvalue weighted by Crippen LogP contribution is 2.17. The maximum Gasteiger partial charge on any atom is 0.406 e. The highest BCUT2D eigenvalue weighted by molar-refractivity contribution is 5.76. The van der Waals surface area contributed by atoms with Crippen LogP contribution in [-0.4, -0.2) is 46.8 Å². The van der Waals surface area contributed by atoms with Crippen molar-refractivity contribution >= 4 is 12.0 Å². The van der Waals surface area contributed by atoms with Crippen LogP contribution in [0.2, 0.25) is 0 Å². The van der Waals surface area contributed by atoms with Crippen LogP contribution in [-0.2, 0) is 4.79 Å². The van der Waals surface area contributed by atoms with Crippen LogP contribution in [0.25, 0.3) is 0 Å².